The van der Waals surface area contributed by atoms with E-state index in [1.807, 2.05) is 39.3 Å². The molecule has 2 amide bonds. The Balaban J connectivity index is 3.92. The molecule has 0 unspecified atom stereocenters. The van der Waals surface area contributed by atoms with Crippen molar-refractivity contribution in [1.29, 1.82) is 0 Å². The molecule has 15 heavy (non-hydrogen) atoms. The molecule has 0 saturated heterocycles. The molecule has 4 nitrogen and oxygen atoms in total. The normalized spacial score (nSPS) is 11.9. The molecule has 0 rings (SSSR count). The maximum absolute atomic E-state index is 11.6. The van der Waals surface area contributed by atoms with E-state index in [1.54, 1.807) is 0 Å². The van der Waals surface area contributed by atoms with Gasteiger partial charge in [0.2, 0.25) is 0 Å². The quantitative estimate of drug-likeness (QED) is 0.762. The molecule has 0 aliphatic carbocycles. The molecule has 0 aromatic rings. The Morgan fingerprint density at radius 1 is 0.800 bits per heavy atom. The molecule has 2 N–H and O–H groups in total. The van der Waals surface area contributed by atoms with Gasteiger partial charge in [0.05, 0.1) is 0 Å². The maximum atomic E-state index is 11.6. The van der Waals surface area contributed by atoms with E-state index in [9.17, 15) is 9.59 Å². The van der Waals surface area contributed by atoms with Crippen molar-refractivity contribution in [1.82, 2.24) is 6.61 Å². The molecule has 0 aliphatic rings. The van der Waals surface area contributed by atoms with Gasteiger partial charge in [-0.15, -0.1) is 0 Å². The van der Waals surface area contributed by atoms with Crippen LogP contribution in [0.4, 0.5) is 9.59 Å². The van der Waals surface area contributed by atoms with Crippen LogP contribution in [0.25, 0.3) is 0 Å². The molecule has 0 heterocycles. The fourth-order valence-electron chi connectivity index (χ4n) is 0.600. The molecule has 0 spiro atoms. The molecule has 0 saturated carbocycles. The van der Waals surface area contributed by atoms with Gasteiger partial charge in [0.1, 0.15) is 0 Å². The molecule has 0 atom stereocenters. The molecule has 0 aliphatic heterocycles. The van der Waals surface area contributed by atoms with Crippen molar-refractivity contribution < 1.29 is 9.59 Å². The fraction of sp³-hybridized carbons (Fsp3) is 0.750. The van der Waals surface area contributed by atoms with Crippen LogP contribution in [-0.2, 0) is 0 Å². The van der Waals surface area contributed by atoms with Gasteiger partial charge in [0.25, 0.3) is 0 Å². The number of carbonyl (C=O) groups is 2. The van der Waals surface area contributed by atoms with Crippen molar-refractivity contribution in [3.8, 4) is 0 Å². The van der Waals surface area contributed by atoms with Gasteiger partial charge in [-0.25, -0.2) is 0 Å². The molecule has 0 aromatic carbocycles. The Hall–Kier alpha value is 0.244. The SMILES string of the molecule is C[Si](C)(C)C(=O)[NH][In][NH]C(=O)[Si](C)(C)C. The molecule has 7 heteroatoms. The molecule has 0 aromatic heterocycles. The van der Waals surface area contributed by atoms with Gasteiger partial charge in [-0.2, -0.15) is 0 Å². The van der Waals surface area contributed by atoms with Crippen molar-refractivity contribution in [2.45, 2.75) is 39.3 Å². The number of nitrogens with one attached hydrogen (secondary N) is 2. The monoisotopic (exact) mass is 347 g/mol. The van der Waals surface area contributed by atoms with Crippen LogP contribution in [0.2, 0.25) is 39.3 Å². The summed E-state index contributed by atoms with van der Waals surface area (Å²) in [6.45, 7) is 12.0. The Kier molecular flexibility index (Phi) is 5.63. The standard InChI is InChI=1S/2C4H11NOSi.In/c2*1-7(2,3)4(5)6;/h2*1-3H3,(H2,5,6);/q;;+2/p-2. The number of carbonyl (C=O) groups excluding carboxylic acids is 2. The third-order valence-electron chi connectivity index (χ3n) is 1.77. The zero-order valence-corrected chi connectivity index (χ0v) is 15.7. The molecule has 1 radical (unpaired) electrons. The van der Waals surface area contributed by atoms with Gasteiger partial charge in [-0.1, -0.05) is 0 Å². The van der Waals surface area contributed by atoms with Gasteiger partial charge < -0.3 is 0 Å². The Morgan fingerprint density at radius 3 is 1.27 bits per heavy atom. The van der Waals surface area contributed by atoms with E-state index in [4.69, 9.17) is 0 Å². The van der Waals surface area contributed by atoms with Crippen LogP contribution in [0.1, 0.15) is 0 Å². The summed E-state index contributed by atoms with van der Waals surface area (Å²) in [6, 6.07) is 0. The summed E-state index contributed by atoms with van der Waals surface area (Å²) in [4.78, 5) is 23.1. The third kappa shape index (κ3) is 6.42. The topological polar surface area (TPSA) is 58.2 Å². The van der Waals surface area contributed by atoms with Crippen LogP contribution in [0.15, 0.2) is 0 Å². The first-order valence-electron chi connectivity index (χ1n) is 4.99. The summed E-state index contributed by atoms with van der Waals surface area (Å²) in [6.07, 6.45) is 0. The zero-order chi connectivity index (χ0) is 12.3. The van der Waals surface area contributed by atoms with E-state index >= 15 is 0 Å². The van der Waals surface area contributed by atoms with Gasteiger partial charge in [-0.3, -0.25) is 0 Å². The average molecular weight is 347 g/mol. The van der Waals surface area contributed by atoms with Crippen LogP contribution in [-0.4, -0.2) is 50.7 Å². The van der Waals surface area contributed by atoms with Gasteiger partial charge in [0, 0.05) is 0 Å². The molecular weight excluding hydrogens is 327 g/mol. The van der Waals surface area contributed by atoms with Crippen molar-refractivity contribution in [2.75, 3.05) is 0 Å². The summed E-state index contributed by atoms with van der Waals surface area (Å²) in [5.41, 5.74) is 0.333. The van der Waals surface area contributed by atoms with E-state index in [0.29, 0.717) is 0 Å². The van der Waals surface area contributed by atoms with Crippen molar-refractivity contribution in [3.63, 3.8) is 0 Å². The van der Waals surface area contributed by atoms with Crippen molar-refractivity contribution in [2.24, 2.45) is 0 Å². The van der Waals surface area contributed by atoms with Gasteiger partial charge in [-0.05, 0) is 0 Å². The van der Waals surface area contributed by atoms with Crippen LogP contribution in [0.3, 0.4) is 0 Å². The predicted octanol–water partition coefficient (Wildman–Crippen LogP) is 1.78. The van der Waals surface area contributed by atoms with Crippen LogP contribution >= 0.6 is 0 Å². The molecule has 85 valence electrons. The third-order valence-corrected chi connectivity index (χ3v) is 8.75. The summed E-state index contributed by atoms with van der Waals surface area (Å²) in [5, 5.41) is 0. The first kappa shape index (κ1) is 15.2. The van der Waals surface area contributed by atoms with Crippen LogP contribution in [0.5, 0.6) is 0 Å². The second-order valence-corrected chi connectivity index (χ2v) is 18.0. The van der Waals surface area contributed by atoms with Gasteiger partial charge >= 0.3 is 106 Å². The number of hydrogen-bond donors (Lipinski definition) is 2. The van der Waals surface area contributed by atoms with E-state index in [-0.39, 0.29) is 11.1 Å². The average Bonchev–Trinajstić information content (AvgIpc) is 2.00. The molecular formula is C8H20InN2O2Si2. The first-order chi connectivity index (χ1) is 6.55. The Bertz CT molecular complexity index is 232. The van der Waals surface area contributed by atoms with E-state index in [2.05, 4.69) is 6.61 Å². The minimum atomic E-state index is -1.72. The van der Waals surface area contributed by atoms with Crippen molar-refractivity contribution in [3.05, 3.63) is 0 Å². The van der Waals surface area contributed by atoms with Gasteiger partial charge in [0.15, 0.2) is 0 Å². The summed E-state index contributed by atoms with van der Waals surface area (Å²) < 4.78 is 5.86. The van der Waals surface area contributed by atoms with Crippen LogP contribution in [0, 0.1) is 0 Å². The molecule has 0 bridgehead atoms. The second-order valence-electron chi connectivity index (χ2n) is 5.59. The zero-order valence-electron chi connectivity index (χ0n) is 10.4. The number of hydrogen-bond acceptors (Lipinski definition) is 2. The fourth-order valence-corrected chi connectivity index (χ4v) is 10.8. The second kappa shape index (κ2) is 5.54. The van der Waals surface area contributed by atoms with Crippen molar-refractivity contribution >= 4 is 50.7 Å². The Morgan fingerprint density at radius 2 is 1.07 bits per heavy atom. The first-order valence-corrected chi connectivity index (χ1v) is 15.3. The van der Waals surface area contributed by atoms with Crippen LogP contribution < -0.4 is 6.61 Å². The van der Waals surface area contributed by atoms with E-state index < -0.39 is 39.6 Å². The summed E-state index contributed by atoms with van der Waals surface area (Å²) in [5.74, 6) is 0. The number of amides is 2. The number of rotatable bonds is 4. The predicted molar refractivity (Wildman–Crippen MR) is 69.5 cm³/mol. The summed E-state index contributed by atoms with van der Waals surface area (Å²) in [7, 11) is -3.44. The molecule has 0 fully saturated rings. The van der Waals surface area contributed by atoms with E-state index in [1.165, 1.54) is 0 Å². The summed E-state index contributed by atoms with van der Waals surface area (Å²) >= 11 is -1.43. The van der Waals surface area contributed by atoms with E-state index in [0.717, 1.165) is 0 Å². The Labute approximate surface area is 106 Å². The minimum absolute atomic E-state index is 0.166.